The van der Waals surface area contributed by atoms with Crippen molar-refractivity contribution in [2.75, 3.05) is 25.6 Å². The highest BCUT2D eigenvalue weighted by atomic mass is 32.1. The monoisotopic (exact) mass is 338 g/mol. The molecule has 0 bridgehead atoms. The molecule has 2 rings (SSSR count). The van der Waals surface area contributed by atoms with Crippen LogP contribution in [-0.4, -0.2) is 30.3 Å². The maximum Gasteiger partial charge on any atom is 0.174 e. The van der Waals surface area contributed by atoms with Crippen LogP contribution in [0.4, 0.5) is 10.1 Å². The number of nitrogens with zero attached hydrogens (tertiary/aromatic N) is 1. The van der Waals surface area contributed by atoms with Crippen LogP contribution >= 0.6 is 23.6 Å². The van der Waals surface area contributed by atoms with Crippen LogP contribution in [0.1, 0.15) is 17.8 Å². The van der Waals surface area contributed by atoms with E-state index in [1.54, 1.807) is 36.6 Å². The fourth-order valence-corrected chi connectivity index (χ4v) is 3.25. The van der Waals surface area contributed by atoms with Gasteiger partial charge in [0.05, 0.1) is 18.3 Å². The summed E-state index contributed by atoms with van der Waals surface area (Å²) in [4.78, 5) is 3.21. The van der Waals surface area contributed by atoms with Gasteiger partial charge in [-0.3, -0.25) is 0 Å². The van der Waals surface area contributed by atoms with E-state index in [4.69, 9.17) is 17.0 Å². The molecule has 0 saturated carbocycles. The highest BCUT2D eigenvalue weighted by molar-refractivity contribution is 7.80. The van der Waals surface area contributed by atoms with Crippen LogP contribution in [-0.2, 0) is 4.74 Å². The molecule has 0 aliphatic heterocycles. The van der Waals surface area contributed by atoms with Crippen molar-refractivity contribution in [3.63, 3.8) is 0 Å². The molecule has 0 saturated heterocycles. The molecule has 0 fully saturated rings. The number of benzene rings is 1. The summed E-state index contributed by atoms with van der Waals surface area (Å²) in [6.45, 7) is 3.27. The van der Waals surface area contributed by atoms with Gasteiger partial charge in [0.2, 0.25) is 0 Å². The van der Waals surface area contributed by atoms with Gasteiger partial charge in [-0.25, -0.2) is 4.39 Å². The number of para-hydroxylation sites is 1. The second kappa shape index (κ2) is 8.22. The van der Waals surface area contributed by atoms with E-state index in [1.165, 1.54) is 10.9 Å². The molecule has 0 aliphatic carbocycles. The number of thiocarbonyl (C=S) groups is 1. The van der Waals surface area contributed by atoms with Gasteiger partial charge in [-0.1, -0.05) is 18.2 Å². The first-order valence-corrected chi connectivity index (χ1v) is 8.26. The lowest BCUT2D eigenvalue weighted by atomic mass is 10.2. The van der Waals surface area contributed by atoms with E-state index >= 15 is 0 Å². The summed E-state index contributed by atoms with van der Waals surface area (Å²) in [7, 11) is 1.65. The third-order valence-corrected chi connectivity index (χ3v) is 4.71. The Hall–Kier alpha value is -1.50. The zero-order valence-electron chi connectivity index (χ0n) is 12.6. The molecular formula is C16H19FN2OS2. The molecule has 1 N–H and O–H groups in total. The number of methoxy groups -OCH3 is 1. The van der Waals surface area contributed by atoms with E-state index in [9.17, 15) is 4.39 Å². The SMILES string of the molecule is COCCN(C(=S)Nc1ccccc1F)[C@H](C)c1cccs1. The molecule has 0 radical (unpaired) electrons. The summed E-state index contributed by atoms with van der Waals surface area (Å²) in [5.41, 5.74) is 0.383. The average Bonchev–Trinajstić information content (AvgIpc) is 3.04. The van der Waals surface area contributed by atoms with Crippen molar-refractivity contribution in [2.45, 2.75) is 13.0 Å². The smallest absolute Gasteiger partial charge is 0.174 e. The quantitative estimate of drug-likeness (QED) is 0.794. The van der Waals surface area contributed by atoms with Crippen molar-refractivity contribution < 1.29 is 9.13 Å². The van der Waals surface area contributed by atoms with Crippen molar-refractivity contribution in [3.8, 4) is 0 Å². The van der Waals surface area contributed by atoms with E-state index in [2.05, 4.69) is 18.3 Å². The molecule has 0 unspecified atom stereocenters. The molecule has 118 valence electrons. The van der Waals surface area contributed by atoms with Crippen LogP contribution in [0, 0.1) is 5.82 Å². The Bertz CT molecular complexity index is 604. The van der Waals surface area contributed by atoms with Crippen molar-refractivity contribution >= 4 is 34.4 Å². The van der Waals surface area contributed by atoms with Gasteiger partial charge in [0.15, 0.2) is 5.11 Å². The van der Waals surface area contributed by atoms with Gasteiger partial charge >= 0.3 is 0 Å². The molecule has 1 atom stereocenters. The van der Waals surface area contributed by atoms with Gasteiger partial charge in [-0.2, -0.15) is 0 Å². The van der Waals surface area contributed by atoms with Crippen LogP contribution in [0.15, 0.2) is 41.8 Å². The molecule has 0 aliphatic rings. The maximum atomic E-state index is 13.8. The summed E-state index contributed by atoms with van der Waals surface area (Å²) in [6.07, 6.45) is 0. The van der Waals surface area contributed by atoms with Gasteiger partial charge in [0.25, 0.3) is 0 Å². The summed E-state index contributed by atoms with van der Waals surface area (Å²) in [5.74, 6) is -0.319. The summed E-state index contributed by atoms with van der Waals surface area (Å²) < 4.78 is 18.9. The number of nitrogens with one attached hydrogen (secondary N) is 1. The Kier molecular flexibility index (Phi) is 6.30. The molecule has 3 nitrogen and oxygen atoms in total. The molecule has 0 spiro atoms. The summed E-state index contributed by atoms with van der Waals surface area (Å²) in [6, 6.07) is 10.7. The second-order valence-corrected chi connectivity index (χ2v) is 6.15. The third kappa shape index (κ3) is 4.25. The highest BCUT2D eigenvalue weighted by Crippen LogP contribution is 2.25. The van der Waals surface area contributed by atoms with Gasteiger partial charge in [-0.15, -0.1) is 11.3 Å². The largest absolute Gasteiger partial charge is 0.383 e. The second-order valence-electron chi connectivity index (χ2n) is 4.79. The first kappa shape index (κ1) is 16.9. The maximum absolute atomic E-state index is 13.8. The molecule has 22 heavy (non-hydrogen) atoms. The van der Waals surface area contributed by atoms with Crippen LogP contribution in [0.2, 0.25) is 0 Å². The number of thiophene rings is 1. The third-order valence-electron chi connectivity index (χ3n) is 3.34. The van der Waals surface area contributed by atoms with E-state index in [0.717, 1.165) is 0 Å². The van der Waals surface area contributed by atoms with Crippen LogP contribution in [0.3, 0.4) is 0 Å². The fourth-order valence-electron chi connectivity index (χ4n) is 2.09. The number of hydrogen-bond donors (Lipinski definition) is 1. The summed E-state index contributed by atoms with van der Waals surface area (Å²) in [5, 5.41) is 5.52. The Balaban J connectivity index is 2.14. The molecule has 1 aromatic carbocycles. The van der Waals surface area contributed by atoms with E-state index < -0.39 is 0 Å². The number of anilines is 1. The molecule has 0 amide bonds. The minimum absolute atomic E-state index is 0.0990. The normalized spacial score (nSPS) is 12.0. The zero-order valence-corrected chi connectivity index (χ0v) is 14.2. The number of halogens is 1. The Labute approximate surface area is 139 Å². The van der Waals surface area contributed by atoms with Gasteiger partial charge in [0, 0.05) is 18.5 Å². The topological polar surface area (TPSA) is 24.5 Å². The lowest BCUT2D eigenvalue weighted by Crippen LogP contribution is -2.39. The van der Waals surface area contributed by atoms with Crippen molar-refractivity contribution in [1.29, 1.82) is 0 Å². The fraction of sp³-hybridized carbons (Fsp3) is 0.312. The average molecular weight is 338 g/mol. The molecule has 6 heteroatoms. The lowest BCUT2D eigenvalue weighted by Gasteiger charge is -2.31. The number of rotatable bonds is 6. The van der Waals surface area contributed by atoms with Gasteiger partial charge in [-0.05, 0) is 42.7 Å². The molecule has 2 aromatic rings. The van der Waals surface area contributed by atoms with E-state index in [1.807, 2.05) is 16.3 Å². The molecule has 1 aromatic heterocycles. The van der Waals surface area contributed by atoms with E-state index in [-0.39, 0.29) is 11.9 Å². The van der Waals surface area contributed by atoms with Crippen molar-refractivity contribution in [2.24, 2.45) is 0 Å². The van der Waals surface area contributed by atoms with Crippen LogP contribution in [0.5, 0.6) is 0 Å². The number of ether oxygens (including phenoxy) is 1. The van der Waals surface area contributed by atoms with Gasteiger partial charge < -0.3 is 15.0 Å². The zero-order chi connectivity index (χ0) is 15.9. The Morgan fingerprint density at radius 2 is 2.14 bits per heavy atom. The molecule has 1 heterocycles. The van der Waals surface area contributed by atoms with Gasteiger partial charge in [0.1, 0.15) is 5.82 Å². The van der Waals surface area contributed by atoms with Crippen LogP contribution in [0.25, 0.3) is 0 Å². The minimum atomic E-state index is -0.319. The number of hydrogen-bond acceptors (Lipinski definition) is 3. The Morgan fingerprint density at radius 3 is 2.77 bits per heavy atom. The predicted octanol–water partition coefficient (Wildman–Crippen LogP) is 4.29. The first-order chi connectivity index (χ1) is 10.6. The first-order valence-electron chi connectivity index (χ1n) is 6.98. The lowest BCUT2D eigenvalue weighted by molar-refractivity contribution is 0.166. The predicted molar refractivity (Wildman–Crippen MR) is 93.9 cm³/mol. The summed E-state index contributed by atoms with van der Waals surface area (Å²) >= 11 is 7.15. The standard InChI is InChI=1S/C16H19FN2OS2/c1-12(15-8-5-11-22-15)19(9-10-20-2)16(21)18-14-7-4-3-6-13(14)17/h3-8,11-12H,9-10H2,1-2H3,(H,18,21)/t12-/m1/s1. The highest BCUT2D eigenvalue weighted by Gasteiger charge is 2.20. The van der Waals surface area contributed by atoms with Crippen LogP contribution < -0.4 is 5.32 Å². The Morgan fingerprint density at radius 1 is 1.36 bits per heavy atom. The molecular weight excluding hydrogens is 319 g/mol. The minimum Gasteiger partial charge on any atom is -0.383 e. The van der Waals surface area contributed by atoms with E-state index in [0.29, 0.717) is 24.0 Å². The van der Waals surface area contributed by atoms with Crippen molar-refractivity contribution in [3.05, 3.63) is 52.5 Å². The van der Waals surface area contributed by atoms with Crippen molar-refractivity contribution in [1.82, 2.24) is 4.90 Å².